The van der Waals surface area contributed by atoms with Crippen LogP contribution >= 0.6 is 11.3 Å². The van der Waals surface area contributed by atoms with Gasteiger partial charge in [-0.25, -0.2) is 9.78 Å². The highest BCUT2D eigenvalue weighted by Gasteiger charge is 2.33. The maximum atomic E-state index is 12.2. The third-order valence-corrected chi connectivity index (χ3v) is 4.38. The summed E-state index contributed by atoms with van der Waals surface area (Å²) in [6.45, 7) is 3.93. The summed E-state index contributed by atoms with van der Waals surface area (Å²) in [5, 5.41) is 5.19. The fourth-order valence-electron chi connectivity index (χ4n) is 2.56. The predicted octanol–water partition coefficient (Wildman–Crippen LogP) is 2.71. The number of hydrogen-bond donors (Lipinski definition) is 1. The molecule has 1 atom stereocenters. The average molecular weight is 289 g/mol. The second kappa shape index (κ2) is 4.79. The minimum atomic E-state index is -0.315. The number of methoxy groups -OCH3 is 1. The highest BCUT2D eigenvalue weighted by Crippen LogP contribution is 2.38. The van der Waals surface area contributed by atoms with Gasteiger partial charge < -0.3 is 14.6 Å². The summed E-state index contributed by atoms with van der Waals surface area (Å²) in [6, 6.07) is 1.86. The van der Waals surface area contributed by atoms with Gasteiger partial charge in [0.1, 0.15) is 0 Å². The molecule has 1 aliphatic heterocycles. The van der Waals surface area contributed by atoms with Crippen molar-refractivity contribution in [3.63, 3.8) is 0 Å². The Morgan fingerprint density at radius 3 is 2.95 bits per heavy atom. The molecular formula is C14H15N3O2S. The number of hydrogen-bond acceptors (Lipinski definition) is 5. The molecule has 0 radical (unpaired) electrons. The normalized spacial score (nSPS) is 17.6. The lowest BCUT2D eigenvalue weighted by atomic mass is 9.96. The number of imidazole rings is 1. The zero-order valence-electron chi connectivity index (χ0n) is 11.5. The largest absolute Gasteiger partial charge is 0.466 e. The van der Waals surface area contributed by atoms with Crippen molar-refractivity contribution in [2.24, 2.45) is 0 Å². The van der Waals surface area contributed by atoms with Crippen molar-refractivity contribution in [3.05, 3.63) is 45.6 Å². The third-order valence-electron chi connectivity index (χ3n) is 3.52. The molecule has 0 spiro atoms. The summed E-state index contributed by atoms with van der Waals surface area (Å²) in [4.78, 5) is 17.6. The molecule has 0 aromatic carbocycles. The number of esters is 1. The highest BCUT2D eigenvalue weighted by molar-refractivity contribution is 7.10. The lowest BCUT2D eigenvalue weighted by Crippen LogP contribution is -2.28. The number of aromatic nitrogens is 2. The lowest BCUT2D eigenvalue weighted by Gasteiger charge is -2.29. The van der Waals surface area contributed by atoms with E-state index in [0.29, 0.717) is 5.57 Å². The number of allylic oxidation sites excluding steroid dienone is 1. The summed E-state index contributed by atoms with van der Waals surface area (Å²) >= 11 is 1.67. The molecule has 0 amide bonds. The first-order chi connectivity index (χ1) is 9.63. The molecule has 0 fully saturated rings. The Hall–Kier alpha value is -2.08. The molecule has 1 aliphatic rings. The summed E-state index contributed by atoms with van der Waals surface area (Å²) in [5.41, 5.74) is 2.51. The van der Waals surface area contributed by atoms with E-state index in [2.05, 4.69) is 23.3 Å². The monoisotopic (exact) mass is 289 g/mol. The van der Waals surface area contributed by atoms with Gasteiger partial charge in [-0.3, -0.25) is 0 Å². The number of rotatable bonds is 2. The van der Waals surface area contributed by atoms with E-state index in [0.717, 1.165) is 17.2 Å². The Balaban J connectivity index is 2.21. The minimum Gasteiger partial charge on any atom is -0.466 e. The van der Waals surface area contributed by atoms with Crippen molar-refractivity contribution in [1.29, 1.82) is 0 Å². The van der Waals surface area contributed by atoms with Crippen LogP contribution in [0.5, 0.6) is 0 Å². The Kier molecular flexibility index (Phi) is 3.10. The van der Waals surface area contributed by atoms with Gasteiger partial charge in [0.15, 0.2) is 0 Å². The van der Waals surface area contributed by atoms with Gasteiger partial charge in [0.05, 0.1) is 18.7 Å². The van der Waals surface area contributed by atoms with Crippen molar-refractivity contribution < 1.29 is 9.53 Å². The van der Waals surface area contributed by atoms with Gasteiger partial charge in [0, 0.05) is 23.0 Å². The molecule has 5 nitrogen and oxygen atoms in total. The van der Waals surface area contributed by atoms with Gasteiger partial charge in [-0.1, -0.05) is 0 Å². The van der Waals surface area contributed by atoms with Gasteiger partial charge in [-0.15, -0.1) is 11.3 Å². The standard InChI is InChI=1S/C14H15N3O2S/c1-8-11(13(18)19-3)12(10-4-7-20-9(10)2)17-6-5-15-14(17)16-8/h4-7,12H,1-3H3,(H,15,16). The number of nitrogens with one attached hydrogen (secondary N) is 1. The first kappa shape index (κ1) is 12.9. The summed E-state index contributed by atoms with van der Waals surface area (Å²) in [6.07, 6.45) is 3.60. The van der Waals surface area contributed by atoms with Crippen LogP contribution in [0.15, 0.2) is 35.1 Å². The molecule has 3 heterocycles. The fraction of sp³-hybridized carbons (Fsp3) is 0.286. The average Bonchev–Trinajstić information content (AvgIpc) is 3.05. The summed E-state index contributed by atoms with van der Waals surface area (Å²) in [7, 11) is 1.41. The molecule has 2 aromatic rings. The second-order valence-corrected chi connectivity index (χ2v) is 5.77. The molecule has 20 heavy (non-hydrogen) atoms. The van der Waals surface area contributed by atoms with Crippen molar-refractivity contribution >= 4 is 23.3 Å². The van der Waals surface area contributed by atoms with Crippen LogP contribution in [0.3, 0.4) is 0 Å². The van der Waals surface area contributed by atoms with Crippen LogP contribution < -0.4 is 5.32 Å². The predicted molar refractivity (Wildman–Crippen MR) is 77.8 cm³/mol. The number of carbonyl (C=O) groups excluding carboxylic acids is 1. The molecule has 0 saturated heterocycles. The van der Waals surface area contributed by atoms with Gasteiger partial charge in [-0.05, 0) is 30.9 Å². The van der Waals surface area contributed by atoms with Crippen LogP contribution in [0.25, 0.3) is 0 Å². The summed E-state index contributed by atoms with van der Waals surface area (Å²) < 4.78 is 6.92. The molecule has 2 aromatic heterocycles. The van der Waals surface area contributed by atoms with E-state index in [1.54, 1.807) is 17.5 Å². The van der Waals surface area contributed by atoms with Crippen molar-refractivity contribution in [2.45, 2.75) is 19.9 Å². The SMILES string of the molecule is COC(=O)C1=C(C)Nc2nccn2C1c1ccsc1C. The molecule has 104 valence electrons. The minimum absolute atomic E-state index is 0.188. The highest BCUT2D eigenvalue weighted by atomic mass is 32.1. The number of thiophene rings is 1. The molecule has 0 aliphatic carbocycles. The molecule has 1 N–H and O–H groups in total. The van der Waals surface area contributed by atoms with E-state index in [1.807, 2.05) is 23.1 Å². The number of nitrogens with zero attached hydrogens (tertiary/aromatic N) is 2. The first-order valence-electron chi connectivity index (χ1n) is 6.26. The van der Waals surface area contributed by atoms with E-state index in [9.17, 15) is 4.79 Å². The summed E-state index contributed by atoms with van der Waals surface area (Å²) in [5.74, 6) is 0.427. The van der Waals surface area contributed by atoms with Crippen LogP contribution in [0.1, 0.15) is 23.4 Å². The van der Waals surface area contributed by atoms with Crippen LogP contribution in [0, 0.1) is 6.92 Å². The zero-order chi connectivity index (χ0) is 14.3. The maximum absolute atomic E-state index is 12.2. The van der Waals surface area contributed by atoms with Gasteiger partial charge >= 0.3 is 5.97 Å². The van der Waals surface area contributed by atoms with Crippen LogP contribution in [-0.2, 0) is 9.53 Å². The number of ether oxygens (including phenoxy) is 1. The third kappa shape index (κ3) is 1.84. The number of carbonyl (C=O) groups is 1. The molecule has 3 rings (SSSR count). The van der Waals surface area contributed by atoms with Gasteiger partial charge in [0.25, 0.3) is 0 Å². The Bertz CT molecular complexity index is 699. The maximum Gasteiger partial charge on any atom is 0.337 e. The van der Waals surface area contributed by atoms with E-state index >= 15 is 0 Å². The number of aryl methyl sites for hydroxylation is 1. The van der Waals surface area contributed by atoms with Crippen LogP contribution in [-0.4, -0.2) is 22.6 Å². The van der Waals surface area contributed by atoms with Crippen molar-refractivity contribution in [3.8, 4) is 0 Å². The smallest absolute Gasteiger partial charge is 0.337 e. The topological polar surface area (TPSA) is 56.1 Å². The second-order valence-electron chi connectivity index (χ2n) is 4.65. The molecule has 0 bridgehead atoms. The Morgan fingerprint density at radius 1 is 1.50 bits per heavy atom. The van der Waals surface area contributed by atoms with E-state index < -0.39 is 0 Å². The Labute approximate surface area is 120 Å². The van der Waals surface area contributed by atoms with Crippen molar-refractivity contribution in [2.75, 3.05) is 12.4 Å². The molecule has 1 unspecified atom stereocenters. The van der Waals surface area contributed by atoms with E-state index in [1.165, 1.54) is 12.0 Å². The van der Waals surface area contributed by atoms with Crippen LogP contribution in [0.4, 0.5) is 5.95 Å². The van der Waals surface area contributed by atoms with Crippen LogP contribution in [0.2, 0.25) is 0 Å². The van der Waals surface area contributed by atoms with E-state index in [-0.39, 0.29) is 12.0 Å². The zero-order valence-corrected chi connectivity index (χ0v) is 12.3. The Morgan fingerprint density at radius 2 is 2.30 bits per heavy atom. The number of anilines is 1. The molecule has 6 heteroatoms. The number of fused-ring (bicyclic) bond motifs is 1. The lowest BCUT2D eigenvalue weighted by molar-refractivity contribution is -0.136. The molecule has 0 saturated carbocycles. The van der Waals surface area contributed by atoms with Gasteiger partial charge in [-0.2, -0.15) is 0 Å². The quantitative estimate of drug-likeness (QED) is 0.864. The van der Waals surface area contributed by atoms with E-state index in [4.69, 9.17) is 4.74 Å². The molecular weight excluding hydrogens is 274 g/mol. The first-order valence-corrected chi connectivity index (χ1v) is 7.14. The van der Waals surface area contributed by atoms with Crippen molar-refractivity contribution in [1.82, 2.24) is 9.55 Å². The van der Waals surface area contributed by atoms with Gasteiger partial charge in [0.2, 0.25) is 5.95 Å². The fourth-order valence-corrected chi connectivity index (χ4v) is 3.29.